The van der Waals surface area contributed by atoms with Gasteiger partial charge >= 0.3 is 0 Å². The number of aromatic nitrogens is 4. The summed E-state index contributed by atoms with van der Waals surface area (Å²) in [5.74, 6) is 0. The molecule has 150 heavy (non-hydrogen) atoms. The minimum Gasteiger partial charge on any atom is -0.269 e. The molecule has 0 amide bonds. The topological polar surface area (TPSA) is 101 Å². The molecule has 0 bridgehead atoms. The van der Waals surface area contributed by atoms with Crippen LogP contribution in [0.15, 0.2) is 464 Å². The van der Waals surface area contributed by atoms with Crippen LogP contribution in [0.3, 0.4) is 0 Å². The number of hydrogen-bond acceptors (Lipinski definition) is 8. The third-order valence-electron chi connectivity index (χ3n) is 15.8. The first-order valence-electron chi connectivity index (χ1n) is 53.5. The molecule has 10 aromatic carbocycles. The average molecular weight is 2630 g/mol. The summed E-state index contributed by atoms with van der Waals surface area (Å²) in [6.07, 6.45) is 26.8. The van der Waals surface area contributed by atoms with Crippen molar-refractivity contribution in [3.63, 3.8) is 0 Å². The van der Waals surface area contributed by atoms with Gasteiger partial charge in [0.1, 0.15) is 0 Å². The molecule has 0 N–H and O–H groups in total. The molecule has 8 nitrogen and oxygen atoms in total. The van der Waals surface area contributed by atoms with E-state index in [-0.39, 0.29) is 262 Å². The Balaban J connectivity index is -0.0000000785. The molecule has 0 unspecified atom stereocenters. The van der Waals surface area contributed by atoms with E-state index in [9.17, 15) is 0 Å². The smallest absolute Gasteiger partial charge is 0.0709 e. The van der Waals surface area contributed by atoms with E-state index < -0.39 is 0 Å². The van der Waals surface area contributed by atoms with Gasteiger partial charge < -0.3 is 0 Å². The van der Waals surface area contributed by atoms with Gasteiger partial charge in [-0.2, -0.15) is 0 Å². The monoisotopic (exact) mass is 2630 g/mol. The Labute approximate surface area is 1120 Å². The minimum atomic E-state index is 0. The molecule has 0 aliphatic carbocycles. The van der Waals surface area contributed by atoms with E-state index in [0.29, 0.717) is 0 Å². The van der Waals surface area contributed by atoms with Crippen LogP contribution in [0.2, 0.25) is 0 Å². The van der Waals surface area contributed by atoms with Gasteiger partial charge in [-0.3, -0.25) is 34.9 Å². The molecule has 8 heterocycles. The van der Waals surface area contributed by atoms with Gasteiger partial charge in [-0.05, 0) is 84.6 Å². The van der Waals surface area contributed by atoms with Gasteiger partial charge in [0.2, 0.25) is 0 Å². The Kier molecular flexibility index (Phi) is 201. The van der Waals surface area contributed by atoms with Gasteiger partial charge in [-0.15, -0.1) is 0 Å². The van der Waals surface area contributed by atoms with E-state index in [1.54, 1.807) is 18.6 Å². The number of aryl methyl sites for hydroxylation is 2. The zero-order valence-corrected chi connectivity index (χ0v) is 123. The summed E-state index contributed by atoms with van der Waals surface area (Å²) in [4.78, 5) is 34.0. The average Bonchev–Trinajstić information content (AvgIpc) is 1.83. The number of benzene rings is 10. The van der Waals surface area contributed by atoms with Crippen molar-refractivity contribution in [1.82, 2.24) is 19.9 Å². The van der Waals surface area contributed by atoms with Crippen molar-refractivity contribution in [2.45, 2.75) is 289 Å². The summed E-state index contributed by atoms with van der Waals surface area (Å²) in [6, 6.07) is 126. The zero-order chi connectivity index (χ0) is 109. The van der Waals surface area contributed by atoms with Crippen molar-refractivity contribution >= 4 is 29.0 Å². The maximum atomic E-state index is 4.71. The number of allylic oxidation sites excluding steroid dienone is 4. The Hall–Kier alpha value is -4.73. The molecule has 0 atom stereocenters. The molecule has 4 aliphatic heterocycles. The number of rotatable bonds is 8. The van der Waals surface area contributed by atoms with Gasteiger partial charge in [0, 0.05) is 359 Å². The first kappa shape index (κ1) is 187. The molecule has 4 aromatic heterocycles. The van der Waals surface area contributed by atoms with E-state index in [4.69, 9.17) is 9.98 Å². The molecule has 8 radical (unpaired) electrons. The van der Waals surface area contributed by atoms with Crippen molar-refractivity contribution < 1.29 is 262 Å². The summed E-state index contributed by atoms with van der Waals surface area (Å²) in [7, 11) is 0. The van der Waals surface area contributed by atoms with E-state index in [0.717, 1.165) is 82.1 Å². The molecule has 14 aromatic rings. The minimum absolute atomic E-state index is 0. The Morgan fingerprint density at radius 1 is 0.187 bits per heavy atom. The summed E-state index contributed by atoms with van der Waals surface area (Å²) in [5.41, 5.74) is 20.8. The van der Waals surface area contributed by atoms with E-state index in [1.807, 2.05) is 523 Å². The normalized spacial score (nSPS) is 9.05. The molecular weight excluding hydrogens is 2430 g/mol. The maximum absolute atomic E-state index is 4.71. The second-order valence-corrected chi connectivity index (χ2v) is 23.7. The van der Waals surface area contributed by atoms with Crippen LogP contribution in [0.1, 0.15) is 308 Å². The molecule has 0 saturated carbocycles. The van der Waals surface area contributed by atoms with Gasteiger partial charge in [-0.25, -0.2) is 4.98 Å². The quantitative estimate of drug-likeness (QED) is 0.151. The van der Waals surface area contributed by atoms with Crippen LogP contribution < -0.4 is 0 Å². The molecular formula is C134H196N8Y8. The SMILES string of the molecule is C1=C(c2ccccc2)N=C(c2ccccc2)C1.C1=CN=C(c2ccccc2)C1.C1=CN=C(c2ccccc2)C1.C1=CN=CC1.CC.CC.CC.CC.CC.CC.CC.CC.CC.CC.CC.CC.CC.CC.CC.CC.CC.CC.Cc1ccccc1.Cc1ccccc1.[Y].[Y].[Y].[Y].[Y].[Y].[Y].[Y].c1ccc(-c2cccc(-c3ccccc3)n2)cc1.c1ccc(-c2ccccn2)cc1.c1ccc(-c2ccccn2)cc1.c1ccncc1. The first-order chi connectivity index (χ1) is 70.5. The van der Waals surface area contributed by atoms with Crippen LogP contribution >= 0.6 is 0 Å². The standard InChI is InChI=1S/C17H13N.C16H13N.2C11H9N.2C10H9N.2C7H8.C5H5N.C4H5N.18C2H6.8Y/c1-3-8-14(9-4-1)16-12-7-13-17(18-16)15-10-5-2-6-11-15;1-3-7-13(8-4-1)15-11-12-16(17-15)14-9-5-2-6-10-14;2*1-2-6-10(7-3-1)11-8-4-5-9-12-11;2*1-2-5-9(6-3-1)10-7-4-8-11-10;2*1-7-5-3-2-4-6-7;1-2-4-6-5-3-1;1-2-4-5-3-1;18*1-2;;;;;;;;/h1-13H;1-11H,12H2;2*1-9H;2*1-6,8H,7H2;2*2-6H,1H3;1-5H;1,3-4H,2H2;18*1-2H3;;;;;;;;. The third kappa shape index (κ3) is 104. The van der Waals surface area contributed by atoms with Crippen LogP contribution in [0.5, 0.6) is 0 Å². The van der Waals surface area contributed by atoms with Gasteiger partial charge in [-0.1, -0.05) is 612 Å². The molecule has 796 valence electrons. The fourth-order valence-corrected chi connectivity index (χ4v) is 10.3. The second-order valence-electron chi connectivity index (χ2n) is 23.7. The Morgan fingerprint density at radius 2 is 0.407 bits per heavy atom. The first-order valence-corrected chi connectivity index (χ1v) is 53.5. The fourth-order valence-electron chi connectivity index (χ4n) is 10.3. The molecule has 16 heteroatoms. The summed E-state index contributed by atoms with van der Waals surface area (Å²) in [5, 5.41) is 0. The van der Waals surface area contributed by atoms with Crippen LogP contribution in [0.25, 0.3) is 50.7 Å². The van der Waals surface area contributed by atoms with Crippen LogP contribution in [0.4, 0.5) is 0 Å². The molecule has 4 aliphatic rings. The summed E-state index contributed by atoms with van der Waals surface area (Å²) >= 11 is 0. The number of aliphatic imine (C=N–C) groups is 4. The molecule has 18 rings (SSSR count). The zero-order valence-electron chi connectivity index (χ0n) is 101. The van der Waals surface area contributed by atoms with E-state index in [1.165, 1.54) is 44.8 Å². The second kappa shape index (κ2) is 162. The van der Waals surface area contributed by atoms with E-state index in [2.05, 4.69) is 202 Å². The van der Waals surface area contributed by atoms with Gasteiger partial charge in [0.05, 0.1) is 45.6 Å². The maximum Gasteiger partial charge on any atom is 0.0709 e. The van der Waals surface area contributed by atoms with Crippen molar-refractivity contribution in [3.05, 3.63) is 477 Å². The Bertz CT molecular complexity index is 4620. The van der Waals surface area contributed by atoms with Crippen molar-refractivity contribution in [2.75, 3.05) is 0 Å². The number of pyridine rings is 4. The van der Waals surface area contributed by atoms with Crippen molar-refractivity contribution in [3.8, 4) is 45.0 Å². The van der Waals surface area contributed by atoms with Crippen LogP contribution in [-0.4, -0.2) is 43.3 Å². The Morgan fingerprint density at radius 3 is 0.600 bits per heavy atom. The van der Waals surface area contributed by atoms with E-state index >= 15 is 0 Å². The van der Waals surface area contributed by atoms with Crippen molar-refractivity contribution in [1.29, 1.82) is 0 Å². The number of hydrogen-bond donors (Lipinski definition) is 0. The number of nitrogens with zero attached hydrogens (tertiary/aromatic N) is 8. The van der Waals surface area contributed by atoms with Crippen LogP contribution in [-0.2, 0) is 262 Å². The van der Waals surface area contributed by atoms with Crippen molar-refractivity contribution in [2.24, 2.45) is 20.0 Å². The third-order valence-corrected chi connectivity index (χ3v) is 15.8. The van der Waals surface area contributed by atoms with Gasteiger partial charge in [0.15, 0.2) is 0 Å². The molecule has 0 spiro atoms. The summed E-state index contributed by atoms with van der Waals surface area (Å²) in [6.45, 7) is 76.2. The fraction of sp³-hybridized carbons (Fsp3) is 0.313. The summed E-state index contributed by atoms with van der Waals surface area (Å²) < 4.78 is 0. The molecule has 0 fully saturated rings. The molecule has 0 saturated heterocycles. The van der Waals surface area contributed by atoms with Gasteiger partial charge in [0.25, 0.3) is 0 Å². The largest absolute Gasteiger partial charge is 0.269 e. The van der Waals surface area contributed by atoms with Crippen LogP contribution in [0, 0.1) is 13.8 Å². The predicted octanol–water partition coefficient (Wildman–Crippen LogP) is 43.1. The predicted molar refractivity (Wildman–Crippen MR) is 653 cm³/mol.